The molecule has 0 fully saturated rings. The second-order valence-electron chi connectivity index (χ2n) is 4.77. The number of nitro benzene ring substituents is 1. The minimum Gasteiger partial charge on any atom is -0.387 e. The maximum absolute atomic E-state index is 10.9. The Morgan fingerprint density at radius 3 is 2.48 bits per heavy atom. The highest BCUT2D eigenvalue weighted by molar-refractivity contribution is 5.39. The van der Waals surface area contributed by atoms with Crippen molar-refractivity contribution in [1.82, 2.24) is 5.32 Å². The minimum atomic E-state index is -0.572. The number of nitrogens with one attached hydrogen (secondary N) is 1. The molecule has 21 heavy (non-hydrogen) atoms. The lowest BCUT2D eigenvalue weighted by molar-refractivity contribution is -0.385. The van der Waals surface area contributed by atoms with Crippen LogP contribution < -0.4 is 5.32 Å². The van der Waals surface area contributed by atoms with E-state index < -0.39 is 6.10 Å². The van der Waals surface area contributed by atoms with Gasteiger partial charge in [-0.3, -0.25) is 10.1 Å². The third kappa shape index (κ3) is 4.37. The highest BCUT2D eigenvalue weighted by Crippen LogP contribution is 2.17. The summed E-state index contributed by atoms with van der Waals surface area (Å²) in [4.78, 5) is 10.5. The molecule has 2 N–H and O–H groups in total. The third-order valence-electron chi connectivity index (χ3n) is 3.28. The van der Waals surface area contributed by atoms with E-state index in [0.29, 0.717) is 25.1 Å². The van der Waals surface area contributed by atoms with Crippen molar-refractivity contribution < 1.29 is 10.0 Å². The normalized spacial score (nSPS) is 12.0. The molecule has 0 unspecified atom stereocenters. The van der Waals surface area contributed by atoms with Gasteiger partial charge < -0.3 is 10.4 Å². The Morgan fingerprint density at radius 2 is 1.76 bits per heavy atom. The molecule has 5 heteroatoms. The van der Waals surface area contributed by atoms with Gasteiger partial charge in [-0.2, -0.15) is 0 Å². The Bertz CT molecular complexity index is 587. The second kappa shape index (κ2) is 7.52. The predicted octanol–water partition coefficient (Wildman–Crippen LogP) is 2.46. The number of para-hydroxylation sites is 1. The summed E-state index contributed by atoms with van der Waals surface area (Å²) >= 11 is 0. The SMILES string of the molecule is O=[N+]([O-])c1ccccc1CCNC[C@H](O)c1ccccc1. The fourth-order valence-corrected chi connectivity index (χ4v) is 2.16. The zero-order valence-corrected chi connectivity index (χ0v) is 11.6. The molecule has 0 aliphatic carbocycles. The van der Waals surface area contributed by atoms with E-state index in [4.69, 9.17) is 0 Å². The summed E-state index contributed by atoms with van der Waals surface area (Å²) < 4.78 is 0. The van der Waals surface area contributed by atoms with Gasteiger partial charge in [0.25, 0.3) is 5.69 Å². The number of aliphatic hydroxyl groups is 1. The molecule has 0 aliphatic rings. The lowest BCUT2D eigenvalue weighted by atomic mass is 10.1. The van der Waals surface area contributed by atoms with Gasteiger partial charge in [0.05, 0.1) is 11.0 Å². The van der Waals surface area contributed by atoms with E-state index in [0.717, 1.165) is 5.56 Å². The Hall–Kier alpha value is -2.24. The summed E-state index contributed by atoms with van der Waals surface area (Å²) in [6.07, 6.45) is -0.0180. The molecule has 0 heterocycles. The standard InChI is InChI=1S/C16H18N2O3/c19-16(14-7-2-1-3-8-14)12-17-11-10-13-6-4-5-9-15(13)18(20)21/h1-9,16-17,19H,10-12H2/t16-/m0/s1. The van der Waals surface area contributed by atoms with Crippen molar-refractivity contribution in [2.75, 3.05) is 13.1 Å². The quantitative estimate of drug-likeness (QED) is 0.466. The maximum atomic E-state index is 10.9. The number of hydrogen-bond acceptors (Lipinski definition) is 4. The molecule has 0 aliphatic heterocycles. The van der Waals surface area contributed by atoms with Crippen LogP contribution in [0.4, 0.5) is 5.69 Å². The van der Waals surface area contributed by atoms with Crippen molar-refractivity contribution in [1.29, 1.82) is 0 Å². The van der Waals surface area contributed by atoms with E-state index in [-0.39, 0.29) is 10.6 Å². The maximum Gasteiger partial charge on any atom is 0.272 e. The molecule has 0 amide bonds. The van der Waals surface area contributed by atoms with E-state index in [1.165, 1.54) is 6.07 Å². The van der Waals surface area contributed by atoms with Gasteiger partial charge in [-0.25, -0.2) is 0 Å². The smallest absolute Gasteiger partial charge is 0.272 e. The fourth-order valence-electron chi connectivity index (χ4n) is 2.16. The average molecular weight is 286 g/mol. The molecule has 0 aromatic heterocycles. The van der Waals surface area contributed by atoms with Crippen LogP contribution in [-0.4, -0.2) is 23.1 Å². The first kappa shape index (κ1) is 15.2. The molecule has 110 valence electrons. The number of nitro groups is 1. The van der Waals surface area contributed by atoms with Crippen LogP contribution in [0.3, 0.4) is 0 Å². The summed E-state index contributed by atoms with van der Waals surface area (Å²) in [5.41, 5.74) is 1.70. The Kier molecular flexibility index (Phi) is 5.43. The molecule has 0 saturated heterocycles. The van der Waals surface area contributed by atoms with Crippen molar-refractivity contribution in [2.24, 2.45) is 0 Å². The highest BCUT2D eigenvalue weighted by Gasteiger charge is 2.12. The van der Waals surface area contributed by atoms with Gasteiger partial charge in [-0.1, -0.05) is 48.5 Å². The summed E-state index contributed by atoms with van der Waals surface area (Å²) in [5, 5.41) is 24.0. The zero-order chi connectivity index (χ0) is 15.1. The first-order valence-electron chi connectivity index (χ1n) is 6.84. The van der Waals surface area contributed by atoms with Gasteiger partial charge in [-0.05, 0) is 18.5 Å². The molecule has 2 aromatic carbocycles. The van der Waals surface area contributed by atoms with Crippen LogP contribution in [-0.2, 0) is 6.42 Å². The molecule has 5 nitrogen and oxygen atoms in total. The van der Waals surface area contributed by atoms with Crippen molar-refractivity contribution in [3.63, 3.8) is 0 Å². The molecular formula is C16H18N2O3. The Balaban J connectivity index is 1.81. The molecule has 0 spiro atoms. The third-order valence-corrected chi connectivity index (χ3v) is 3.28. The lowest BCUT2D eigenvalue weighted by Gasteiger charge is -2.12. The first-order valence-corrected chi connectivity index (χ1v) is 6.84. The van der Waals surface area contributed by atoms with E-state index in [1.807, 2.05) is 30.3 Å². The lowest BCUT2D eigenvalue weighted by Crippen LogP contribution is -2.23. The van der Waals surface area contributed by atoms with Crippen molar-refractivity contribution in [2.45, 2.75) is 12.5 Å². The summed E-state index contributed by atoms with van der Waals surface area (Å²) in [5.74, 6) is 0. The van der Waals surface area contributed by atoms with E-state index in [9.17, 15) is 15.2 Å². The number of nitrogens with zero attached hydrogens (tertiary/aromatic N) is 1. The minimum absolute atomic E-state index is 0.142. The summed E-state index contributed by atoms with van der Waals surface area (Å²) in [6.45, 7) is 0.999. The van der Waals surface area contributed by atoms with Gasteiger partial charge in [0.1, 0.15) is 0 Å². The van der Waals surface area contributed by atoms with Crippen LogP contribution in [0, 0.1) is 10.1 Å². The number of rotatable bonds is 7. The van der Waals surface area contributed by atoms with Crippen LogP contribution in [0.5, 0.6) is 0 Å². The topological polar surface area (TPSA) is 75.4 Å². The number of aliphatic hydroxyl groups excluding tert-OH is 1. The van der Waals surface area contributed by atoms with Crippen molar-refractivity contribution >= 4 is 5.69 Å². The van der Waals surface area contributed by atoms with Gasteiger partial charge in [0.15, 0.2) is 0 Å². The monoisotopic (exact) mass is 286 g/mol. The van der Waals surface area contributed by atoms with E-state index in [1.54, 1.807) is 18.2 Å². The first-order chi connectivity index (χ1) is 10.2. The highest BCUT2D eigenvalue weighted by atomic mass is 16.6. The molecular weight excluding hydrogens is 268 g/mol. The largest absolute Gasteiger partial charge is 0.387 e. The zero-order valence-electron chi connectivity index (χ0n) is 11.6. The van der Waals surface area contributed by atoms with Crippen LogP contribution in [0.1, 0.15) is 17.2 Å². The Labute approximate surface area is 123 Å². The number of hydrogen-bond donors (Lipinski definition) is 2. The molecule has 2 aromatic rings. The van der Waals surface area contributed by atoms with Crippen molar-refractivity contribution in [3.8, 4) is 0 Å². The molecule has 0 bridgehead atoms. The van der Waals surface area contributed by atoms with Gasteiger partial charge >= 0.3 is 0 Å². The van der Waals surface area contributed by atoms with Crippen LogP contribution in [0.2, 0.25) is 0 Å². The van der Waals surface area contributed by atoms with E-state index in [2.05, 4.69) is 5.32 Å². The summed E-state index contributed by atoms with van der Waals surface area (Å²) in [7, 11) is 0. The average Bonchev–Trinajstić information content (AvgIpc) is 2.52. The summed E-state index contributed by atoms with van der Waals surface area (Å²) in [6, 6.07) is 16.1. The second-order valence-corrected chi connectivity index (χ2v) is 4.77. The fraction of sp³-hybridized carbons (Fsp3) is 0.250. The predicted molar refractivity (Wildman–Crippen MR) is 81.1 cm³/mol. The molecule has 0 radical (unpaired) electrons. The molecule has 1 atom stereocenters. The molecule has 0 saturated carbocycles. The van der Waals surface area contributed by atoms with Crippen molar-refractivity contribution in [3.05, 3.63) is 75.8 Å². The van der Waals surface area contributed by atoms with Gasteiger partial charge in [-0.15, -0.1) is 0 Å². The van der Waals surface area contributed by atoms with Gasteiger partial charge in [0.2, 0.25) is 0 Å². The van der Waals surface area contributed by atoms with Gasteiger partial charge in [0, 0.05) is 18.2 Å². The van der Waals surface area contributed by atoms with Crippen LogP contribution in [0.25, 0.3) is 0 Å². The number of benzene rings is 2. The van der Waals surface area contributed by atoms with Crippen LogP contribution in [0.15, 0.2) is 54.6 Å². The van der Waals surface area contributed by atoms with E-state index >= 15 is 0 Å². The van der Waals surface area contributed by atoms with Crippen LogP contribution >= 0.6 is 0 Å². The molecule has 2 rings (SSSR count). The Morgan fingerprint density at radius 1 is 1.10 bits per heavy atom.